The lowest BCUT2D eigenvalue weighted by Crippen LogP contribution is -2.30. The number of azo groups is 1. The Labute approximate surface area is 110 Å². The van der Waals surface area contributed by atoms with Crippen molar-refractivity contribution >= 4 is 0 Å². The zero-order chi connectivity index (χ0) is 13.6. The highest BCUT2D eigenvalue weighted by Gasteiger charge is 2.26. The van der Waals surface area contributed by atoms with Gasteiger partial charge in [0.25, 0.3) is 0 Å². The van der Waals surface area contributed by atoms with Crippen molar-refractivity contribution in [2.75, 3.05) is 0 Å². The zero-order valence-electron chi connectivity index (χ0n) is 11.8. The summed E-state index contributed by atoms with van der Waals surface area (Å²) in [5, 5.41) is 8.69. The van der Waals surface area contributed by atoms with Crippen LogP contribution in [0.25, 0.3) is 0 Å². The second-order valence-electron chi connectivity index (χ2n) is 5.56. The summed E-state index contributed by atoms with van der Waals surface area (Å²) in [5.41, 5.74) is -0.834. The molecule has 0 bridgehead atoms. The molecule has 1 unspecified atom stereocenters. The summed E-state index contributed by atoms with van der Waals surface area (Å²) in [6, 6.07) is 9.70. The molecule has 1 aromatic rings. The van der Waals surface area contributed by atoms with Gasteiger partial charge in [0, 0.05) is 6.42 Å². The van der Waals surface area contributed by atoms with Crippen molar-refractivity contribution in [1.82, 2.24) is 0 Å². The number of hydrogen-bond acceptors (Lipinski definition) is 3. The first-order chi connectivity index (χ1) is 8.35. The molecule has 0 aromatic heterocycles. The lowest BCUT2D eigenvalue weighted by atomic mass is 10.1. The molecular weight excluding hydrogens is 224 g/mol. The third kappa shape index (κ3) is 5.30. The Kier molecular flexibility index (Phi) is 4.88. The number of rotatable bonds is 5. The van der Waals surface area contributed by atoms with Crippen LogP contribution in [0.3, 0.4) is 0 Å². The molecule has 3 heteroatoms. The third-order valence-corrected chi connectivity index (χ3v) is 2.28. The predicted molar refractivity (Wildman–Crippen MR) is 74.7 cm³/mol. The van der Waals surface area contributed by atoms with E-state index in [2.05, 4.69) is 17.2 Å². The van der Waals surface area contributed by atoms with Gasteiger partial charge in [0.05, 0.1) is 5.54 Å². The Morgan fingerprint density at radius 2 is 1.67 bits per heavy atom. The van der Waals surface area contributed by atoms with Gasteiger partial charge in [-0.05, 0) is 46.2 Å². The molecule has 1 rings (SSSR count). The van der Waals surface area contributed by atoms with Crippen LogP contribution < -0.4 is 4.74 Å². The van der Waals surface area contributed by atoms with Crippen LogP contribution in [-0.2, 0) is 0 Å². The Balaban J connectivity index is 2.83. The van der Waals surface area contributed by atoms with Gasteiger partial charge in [0.15, 0.2) is 0 Å². The third-order valence-electron chi connectivity index (χ3n) is 2.28. The first-order valence-corrected chi connectivity index (χ1v) is 6.32. The first-order valence-electron chi connectivity index (χ1n) is 6.32. The summed E-state index contributed by atoms with van der Waals surface area (Å²) in [6.07, 6.45) is 1.49. The summed E-state index contributed by atoms with van der Waals surface area (Å²) in [7, 11) is 0. The first kappa shape index (κ1) is 14.7. The summed E-state index contributed by atoms with van der Waals surface area (Å²) >= 11 is 0. The van der Waals surface area contributed by atoms with E-state index in [9.17, 15) is 0 Å². The van der Waals surface area contributed by atoms with Crippen molar-refractivity contribution in [3.05, 3.63) is 37.3 Å². The van der Waals surface area contributed by atoms with Crippen molar-refractivity contribution in [2.24, 2.45) is 10.2 Å². The smallest absolute Gasteiger partial charge is 0.216 e. The highest BCUT2D eigenvalue weighted by Crippen LogP contribution is 2.25. The molecule has 0 aliphatic rings. The molecule has 18 heavy (non-hydrogen) atoms. The maximum absolute atomic E-state index is 5.94. The minimum Gasteiger partial charge on any atom is -0.465 e. The van der Waals surface area contributed by atoms with Crippen LogP contribution >= 0.6 is 0 Å². The minimum atomic E-state index is -0.642. The predicted octanol–water partition coefficient (Wildman–Crippen LogP) is 4.65. The van der Waals surface area contributed by atoms with Crippen LogP contribution in [0.2, 0.25) is 0 Å². The molecule has 0 saturated heterocycles. The fourth-order valence-electron chi connectivity index (χ4n) is 1.45. The second-order valence-corrected chi connectivity index (χ2v) is 5.56. The van der Waals surface area contributed by atoms with Crippen molar-refractivity contribution in [3.8, 4) is 5.75 Å². The topological polar surface area (TPSA) is 34.0 Å². The molecule has 0 aliphatic heterocycles. The van der Waals surface area contributed by atoms with Gasteiger partial charge in [0.1, 0.15) is 5.75 Å². The van der Waals surface area contributed by atoms with Gasteiger partial charge < -0.3 is 4.74 Å². The van der Waals surface area contributed by atoms with E-state index in [4.69, 9.17) is 4.74 Å². The van der Waals surface area contributed by atoms with Crippen LogP contribution in [0.15, 0.2) is 40.6 Å². The van der Waals surface area contributed by atoms with Crippen LogP contribution in [0.1, 0.15) is 40.5 Å². The Morgan fingerprint density at radius 3 is 2.17 bits per heavy atom. The standard InChI is InChI=1S/C15H23N2O/c1-6-12-15(5,17-16-14(2,3)4)18-13-10-8-7-9-11-13/h7-11H,1,6,12H2,2-5H3/b17-16+. The van der Waals surface area contributed by atoms with Gasteiger partial charge >= 0.3 is 0 Å². The summed E-state index contributed by atoms with van der Waals surface area (Å²) in [5.74, 6) is 0.807. The molecular formula is C15H23N2O. The van der Waals surface area contributed by atoms with Gasteiger partial charge in [-0.1, -0.05) is 25.1 Å². The Morgan fingerprint density at radius 1 is 1.06 bits per heavy atom. The molecule has 0 saturated carbocycles. The fourth-order valence-corrected chi connectivity index (χ4v) is 1.45. The zero-order valence-corrected chi connectivity index (χ0v) is 11.8. The van der Waals surface area contributed by atoms with Crippen LogP contribution in [-0.4, -0.2) is 11.3 Å². The van der Waals surface area contributed by atoms with E-state index in [-0.39, 0.29) is 5.54 Å². The van der Waals surface area contributed by atoms with E-state index in [1.54, 1.807) is 0 Å². The highest BCUT2D eigenvalue weighted by atomic mass is 16.5. The molecule has 0 amide bonds. The van der Waals surface area contributed by atoms with Gasteiger partial charge in [-0.3, -0.25) is 0 Å². The molecule has 0 fully saturated rings. The summed E-state index contributed by atoms with van der Waals surface area (Å²) < 4.78 is 5.94. The molecule has 99 valence electrons. The lowest BCUT2D eigenvalue weighted by Gasteiger charge is -2.26. The highest BCUT2D eigenvalue weighted by molar-refractivity contribution is 5.21. The Bertz CT molecular complexity index is 381. The van der Waals surface area contributed by atoms with Crippen LogP contribution in [0.4, 0.5) is 0 Å². The fraction of sp³-hybridized carbons (Fsp3) is 0.533. The van der Waals surface area contributed by atoms with Gasteiger partial charge in [-0.2, -0.15) is 5.11 Å². The molecule has 0 spiro atoms. The lowest BCUT2D eigenvalue weighted by molar-refractivity contribution is 0.0781. The SMILES string of the molecule is [CH2]CCC(C)(/N=N/C(C)(C)C)Oc1ccccc1. The van der Waals surface area contributed by atoms with E-state index in [1.807, 2.05) is 58.0 Å². The monoisotopic (exact) mass is 247 g/mol. The quantitative estimate of drug-likeness (QED) is 0.697. The summed E-state index contributed by atoms with van der Waals surface area (Å²) in [4.78, 5) is 0. The van der Waals surface area contributed by atoms with E-state index >= 15 is 0 Å². The molecule has 3 nitrogen and oxygen atoms in total. The van der Waals surface area contributed by atoms with Crippen LogP contribution in [0, 0.1) is 6.92 Å². The maximum atomic E-state index is 5.94. The maximum Gasteiger partial charge on any atom is 0.216 e. The van der Waals surface area contributed by atoms with E-state index in [0.29, 0.717) is 0 Å². The molecule has 1 atom stereocenters. The largest absolute Gasteiger partial charge is 0.465 e. The number of ether oxygens (including phenoxy) is 1. The molecule has 0 N–H and O–H groups in total. The van der Waals surface area contributed by atoms with Crippen molar-refractivity contribution in [3.63, 3.8) is 0 Å². The number of hydrogen-bond donors (Lipinski definition) is 0. The molecule has 1 aromatic carbocycles. The van der Waals surface area contributed by atoms with Crippen molar-refractivity contribution in [1.29, 1.82) is 0 Å². The average molecular weight is 247 g/mol. The van der Waals surface area contributed by atoms with Crippen molar-refractivity contribution in [2.45, 2.75) is 51.8 Å². The number of benzene rings is 1. The normalized spacial score (nSPS) is 15.6. The van der Waals surface area contributed by atoms with Crippen molar-refractivity contribution < 1.29 is 4.74 Å². The van der Waals surface area contributed by atoms with Gasteiger partial charge in [-0.25, -0.2) is 0 Å². The van der Waals surface area contributed by atoms with E-state index < -0.39 is 5.72 Å². The minimum absolute atomic E-state index is 0.192. The van der Waals surface area contributed by atoms with Gasteiger partial charge in [-0.15, -0.1) is 5.11 Å². The molecule has 1 radical (unpaired) electrons. The van der Waals surface area contributed by atoms with Crippen LogP contribution in [0.5, 0.6) is 5.75 Å². The van der Waals surface area contributed by atoms with Gasteiger partial charge in [0.2, 0.25) is 5.72 Å². The second kappa shape index (κ2) is 5.98. The molecule has 0 aliphatic carbocycles. The number of nitrogens with zero attached hydrogens (tertiary/aromatic N) is 2. The molecule has 0 heterocycles. The number of para-hydroxylation sites is 1. The average Bonchev–Trinajstić information content (AvgIpc) is 2.27. The van der Waals surface area contributed by atoms with E-state index in [0.717, 1.165) is 18.6 Å². The summed E-state index contributed by atoms with van der Waals surface area (Å²) in [6.45, 7) is 11.9. The van der Waals surface area contributed by atoms with E-state index in [1.165, 1.54) is 0 Å². The Hall–Kier alpha value is -1.38.